The van der Waals surface area contributed by atoms with Gasteiger partial charge in [-0.3, -0.25) is 0 Å². The lowest BCUT2D eigenvalue weighted by molar-refractivity contribution is 0.363. The number of rotatable bonds is 5. The van der Waals surface area contributed by atoms with Crippen LogP contribution in [0.1, 0.15) is 25.7 Å². The lowest BCUT2D eigenvalue weighted by Crippen LogP contribution is -2.40. The van der Waals surface area contributed by atoms with E-state index in [1.165, 1.54) is 25.7 Å². The number of fused-ring (bicyclic) bond motifs is 2. The molecule has 1 aromatic carbocycles. The van der Waals surface area contributed by atoms with Gasteiger partial charge < -0.3 is 15.4 Å². The van der Waals surface area contributed by atoms with E-state index in [0.29, 0.717) is 17.8 Å². The third-order valence-electron chi connectivity index (χ3n) is 4.51. The van der Waals surface area contributed by atoms with Crippen molar-refractivity contribution in [2.45, 2.75) is 31.7 Å². The van der Waals surface area contributed by atoms with Gasteiger partial charge in [0.05, 0.1) is 0 Å². The summed E-state index contributed by atoms with van der Waals surface area (Å²) < 4.78 is 5.53. The first-order chi connectivity index (χ1) is 10.2. The first kappa shape index (κ1) is 14.4. The fourth-order valence-electron chi connectivity index (χ4n) is 3.58. The van der Waals surface area contributed by atoms with Crippen LogP contribution in [-0.4, -0.2) is 17.8 Å². The van der Waals surface area contributed by atoms with Crippen molar-refractivity contribution in [1.82, 2.24) is 5.32 Å². The number of anilines is 1. The molecule has 3 atom stereocenters. The Bertz CT molecular complexity index is 531. The zero-order valence-electron chi connectivity index (χ0n) is 12.2. The smallest absolute Gasteiger partial charge is 0.171 e. The number of hydrogen-bond acceptors (Lipinski definition) is 2. The second-order valence-electron chi connectivity index (χ2n) is 6.01. The summed E-state index contributed by atoms with van der Waals surface area (Å²) >= 11 is 5.44. The standard InChI is InChI=1S/C17H22N2OS/c1-2-8-20-15-5-3-4-14(11-15)18-17(21)19-16-10-12-6-7-13(16)9-12/h2-5,11-13,16H,1,6-10H2,(H2,18,19,21)/t12-,13+,16-/m0/s1. The summed E-state index contributed by atoms with van der Waals surface area (Å²) in [6.45, 7) is 4.16. The van der Waals surface area contributed by atoms with Crippen LogP contribution < -0.4 is 15.4 Å². The largest absolute Gasteiger partial charge is 0.489 e. The fourth-order valence-corrected chi connectivity index (χ4v) is 3.85. The molecule has 21 heavy (non-hydrogen) atoms. The Morgan fingerprint density at radius 1 is 1.38 bits per heavy atom. The molecule has 2 bridgehead atoms. The zero-order chi connectivity index (χ0) is 14.7. The Morgan fingerprint density at radius 2 is 2.29 bits per heavy atom. The van der Waals surface area contributed by atoms with E-state index in [1.54, 1.807) is 6.08 Å². The maximum absolute atomic E-state index is 5.53. The van der Waals surface area contributed by atoms with E-state index in [1.807, 2.05) is 24.3 Å². The van der Waals surface area contributed by atoms with E-state index in [-0.39, 0.29) is 0 Å². The third-order valence-corrected chi connectivity index (χ3v) is 4.73. The third kappa shape index (κ3) is 3.56. The number of ether oxygens (including phenoxy) is 1. The highest BCUT2D eigenvalue weighted by molar-refractivity contribution is 7.80. The molecule has 4 heteroatoms. The topological polar surface area (TPSA) is 33.3 Å². The van der Waals surface area contributed by atoms with E-state index in [9.17, 15) is 0 Å². The van der Waals surface area contributed by atoms with E-state index < -0.39 is 0 Å². The van der Waals surface area contributed by atoms with Gasteiger partial charge in [0.1, 0.15) is 12.4 Å². The predicted octanol–water partition coefficient (Wildman–Crippen LogP) is 3.73. The van der Waals surface area contributed by atoms with Gasteiger partial charge in [-0.15, -0.1) is 0 Å². The summed E-state index contributed by atoms with van der Waals surface area (Å²) in [5.41, 5.74) is 0.956. The molecular weight excluding hydrogens is 280 g/mol. The van der Waals surface area contributed by atoms with Crippen molar-refractivity contribution >= 4 is 23.0 Å². The van der Waals surface area contributed by atoms with Crippen LogP contribution in [0.2, 0.25) is 0 Å². The van der Waals surface area contributed by atoms with Crippen molar-refractivity contribution in [3.8, 4) is 5.75 Å². The monoisotopic (exact) mass is 302 g/mol. The molecule has 2 N–H and O–H groups in total. The lowest BCUT2D eigenvalue weighted by Gasteiger charge is -2.24. The van der Waals surface area contributed by atoms with E-state index in [2.05, 4.69) is 17.2 Å². The van der Waals surface area contributed by atoms with Crippen molar-refractivity contribution in [2.24, 2.45) is 11.8 Å². The molecule has 0 heterocycles. The Labute approximate surface area is 131 Å². The van der Waals surface area contributed by atoms with Gasteiger partial charge in [0.25, 0.3) is 0 Å². The molecule has 0 unspecified atom stereocenters. The maximum Gasteiger partial charge on any atom is 0.171 e. The van der Waals surface area contributed by atoms with Gasteiger partial charge >= 0.3 is 0 Å². The van der Waals surface area contributed by atoms with Crippen molar-refractivity contribution in [3.05, 3.63) is 36.9 Å². The summed E-state index contributed by atoms with van der Waals surface area (Å²) in [7, 11) is 0. The Balaban J connectivity index is 1.53. The lowest BCUT2D eigenvalue weighted by atomic mass is 9.96. The molecule has 0 amide bonds. The molecule has 0 spiro atoms. The minimum absolute atomic E-state index is 0.511. The summed E-state index contributed by atoms with van der Waals surface area (Å²) in [6.07, 6.45) is 7.16. The fraction of sp³-hybridized carbons (Fsp3) is 0.471. The quantitative estimate of drug-likeness (QED) is 0.641. The van der Waals surface area contributed by atoms with Crippen molar-refractivity contribution in [1.29, 1.82) is 0 Å². The Kier molecular flexibility index (Phi) is 4.44. The van der Waals surface area contributed by atoms with E-state index in [4.69, 9.17) is 17.0 Å². The molecule has 0 radical (unpaired) electrons. The molecule has 2 aliphatic carbocycles. The van der Waals surface area contributed by atoms with Gasteiger partial charge in [-0.25, -0.2) is 0 Å². The summed E-state index contributed by atoms with van der Waals surface area (Å²) in [6, 6.07) is 8.40. The van der Waals surface area contributed by atoms with E-state index in [0.717, 1.165) is 23.3 Å². The van der Waals surface area contributed by atoms with Gasteiger partial charge in [0.2, 0.25) is 0 Å². The van der Waals surface area contributed by atoms with E-state index >= 15 is 0 Å². The van der Waals surface area contributed by atoms with Crippen LogP contribution >= 0.6 is 12.2 Å². The molecule has 3 rings (SSSR count). The van der Waals surface area contributed by atoms with Crippen molar-refractivity contribution < 1.29 is 4.74 Å². The minimum atomic E-state index is 0.511. The van der Waals surface area contributed by atoms with Crippen LogP contribution in [0.3, 0.4) is 0 Å². The van der Waals surface area contributed by atoms with Crippen molar-refractivity contribution in [3.63, 3.8) is 0 Å². The Morgan fingerprint density at radius 3 is 3.00 bits per heavy atom. The maximum atomic E-state index is 5.53. The van der Waals surface area contributed by atoms with Crippen molar-refractivity contribution in [2.75, 3.05) is 11.9 Å². The molecule has 1 aromatic rings. The second kappa shape index (κ2) is 6.48. The van der Waals surface area contributed by atoms with Crippen LogP contribution in [-0.2, 0) is 0 Å². The molecule has 0 aromatic heterocycles. The number of hydrogen-bond donors (Lipinski definition) is 2. The van der Waals surface area contributed by atoms with Crippen LogP contribution in [0.25, 0.3) is 0 Å². The SMILES string of the molecule is C=CCOc1cccc(NC(=S)N[C@H]2C[C@H]3CC[C@@H]2C3)c1. The first-order valence-corrected chi connectivity index (χ1v) is 8.06. The number of thiocarbonyl (C=S) groups is 1. The zero-order valence-corrected chi connectivity index (χ0v) is 13.0. The molecule has 3 nitrogen and oxygen atoms in total. The van der Waals surface area contributed by atoms with Crippen LogP contribution in [0, 0.1) is 11.8 Å². The molecule has 2 fully saturated rings. The molecule has 2 aliphatic rings. The highest BCUT2D eigenvalue weighted by Crippen LogP contribution is 2.44. The number of nitrogens with one attached hydrogen (secondary N) is 2. The summed E-state index contributed by atoms with van der Waals surface area (Å²) in [4.78, 5) is 0. The number of benzene rings is 1. The Hall–Kier alpha value is -1.55. The van der Waals surface area contributed by atoms with Crippen LogP contribution in [0.5, 0.6) is 5.75 Å². The molecule has 2 saturated carbocycles. The molecule has 0 aliphatic heterocycles. The van der Waals surface area contributed by atoms with Gasteiger partial charge in [-0.2, -0.15) is 0 Å². The van der Waals surface area contributed by atoms with Gasteiger partial charge in [0, 0.05) is 17.8 Å². The second-order valence-corrected chi connectivity index (χ2v) is 6.42. The molecule has 0 saturated heterocycles. The average molecular weight is 302 g/mol. The summed E-state index contributed by atoms with van der Waals surface area (Å²) in [5, 5.41) is 7.46. The summed E-state index contributed by atoms with van der Waals surface area (Å²) in [5.74, 6) is 2.56. The molecule has 112 valence electrons. The normalized spacial score (nSPS) is 26.4. The predicted molar refractivity (Wildman–Crippen MR) is 90.7 cm³/mol. The van der Waals surface area contributed by atoms with Crippen LogP contribution in [0.15, 0.2) is 36.9 Å². The van der Waals surface area contributed by atoms with Gasteiger partial charge in [-0.1, -0.05) is 25.1 Å². The highest BCUT2D eigenvalue weighted by atomic mass is 32.1. The minimum Gasteiger partial charge on any atom is -0.489 e. The van der Waals surface area contributed by atoms with Gasteiger partial charge in [-0.05, 0) is 55.4 Å². The van der Waals surface area contributed by atoms with Gasteiger partial charge in [0.15, 0.2) is 5.11 Å². The molecular formula is C17H22N2OS. The highest BCUT2D eigenvalue weighted by Gasteiger charge is 2.39. The van der Waals surface area contributed by atoms with Crippen LogP contribution in [0.4, 0.5) is 5.69 Å². The average Bonchev–Trinajstić information content (AvgIpc) is 3.08. The first-order valence-electron chi connectivity index (χ1n) is 7.66.